The summed E-state index contributed by atoms with van der Waals surface area (Å²) in [5, 5.41) is 6.30. The smallest absolute Gasteiger partial charge is 0.262 e. The molecule has 2 aromatic carbocycles. The van der Waals surface area contributed by atoms with Crippen LogP contribution in [0.25, 0.3) is 0 Å². The van der Waals surface area contributed by atoms with Crippen LogP contribution in [0.15, 0.2) is 53.4 Å². The molecule has 1 unspecified atom stereocenters. The first-order chi connectivity index (χ1) is 12.5. The Hall–Kier alpha value is -2.09. The van der Waals surface area contributed by atoms with E-state index in [0.717, 1.165) is 19.4 Å². The van der Waals surface area contributed by atoms with Crippen LogP contribution in [0.5, 0.6) is 0 Å². The van der Waals surface area contributed by atoms with E-state index in [0.29, 0.717) is 22.9 Å². The second kappa shape index (κ2) is 8.07. The van der Waals surface area contributed by atoms with Gasteiger partial charge in [-0.25, -0.2) is 8.42 Å². The van der Waals surface area contributed by atoms with Gasteiger partial charge in [-0.1, -0.05) is 29.8 Å². The Kier molecular flexibility index (Phi) is 5.80. The minimum Gasteiger partial charge on any atom is -0.326 e. The van der Waals surface area contributed by atoms with Gasteiger partial charge in [-0.3, -0.25) is 9.52 Å². The lowest BCUT2D eigenvalue weighted by Crippen LogP contribution is -2.37. The molecule has 0 radical (unpaired) electrons. The highest BCUT2D eigenvalue weighted by Crippen LogP contribution is 2.25. The number of amides is 1. The van der Waals surface area contributed by atoms with Gasteiger partial charge in [-0.2, -0.15) is 0 Å². The number of halogens is 1. The molecule has 0 aliphatic carbocycles. The number of piperidine rings is 1. The zero-order valence-electron chi connectivity index (χ0n) is 14.0. The van der Waals surface area contributed by atoms with Gasteiger partial charge >= 0.3 is 0 Å². The van der Waals surface area contributed by atoms with Gasteiger partial charge in [-0.05, 0) is 49.7 Å². The second-order valence-corrected chi connectivity index (χ2v) is 8.24. The van der Waals surface area contributed by atoms with Gasteiger partial charge in [0.1, 0.15) is 0 Å². The molecule has 3 N–H and O–H groups in total. The van der Waals surface area contributed by atoms with Gasteiger partial charge in [0.05, 0.1) is 21.5 Å². The van der Waals surface area contributed by atoms with Crippen LogP contribution in [0, 0.1) is 5.92 Å². The summed E-state index contributed by atoms with van der Waals surface area (Å²) in [6.07, 6.45) is 1.78. The maximum atomic E-state index is 12.6. The van der Waals surface area contributed by atoms with E-state index in [1.54, 1.807) is 36.4 Å². The maximum Gasteiger partial charge on any atom is 0.262 e. The second-order valence-electron chi connectivity index (χ2n) is 6.15. The molecule has 1 aliphatic rings. The molecular formula is C18H20ClN3O3S. The topological polar surface area (TPSA) is 87.3 Å². The number of para-hydroxylation sites is 1. The molecule has 3 rings (SSSR count). The fourth-order valence-electron chi connectivity index (χ4n) is 2.81. The molecule has 1 heterocycles. The van der Waals surface area contributed by atoms with Crippen molar-refractivity contribution in [1.82, 2.24) is 5.32 Å². The summed E-state index contributed by atoms with van der Waals surface area (Å²) in [4.78, 5) is 12.4. The van der Waals surface area contributed by atoms with Crippen LogP contribution in [0.2, 0.25) is 5.02 Å². The summed E-state index contributed by atoms with van der Waals surface area (Å²) < 4.78 is 27.7. The molecule has 1 aliphatic heterocycles. The van der Waals surface area contributed by atoms with Crippen LogP contribution >= 0.6 is 11.6 Å². The highest BCUT2D eigenvalue weighted by Gasteiger charge is 2.22. The molecule has 1 atom stereocenters. The Morgan fingerprint density at radius 3 is 2.69 bits per heavy atom. The number of nitrogens with one attached hydrogen (secondary N) is 3. The molecule has 8 heteroatoms. The van der Waals surface area contributed by atoms with E-state index < -0.39 is 10.0 Å². The van der Waals surface area contributed by atoms with Crippen LogP contribution in [0.1, 0.15) is 12.8 Å². The lowest BCUT2D eigenvalue weighted by molar-refractivity contribution is -0.120. The quantitative estimate of drug-likeness (QED) is 0.728. The van der Waals surface area contributed by atoms with Gasteiger partial charge in [-0.15, -0.1) is 0 Å². The monoisotopic (exact) mass is 393 g/mol. The molecule has 2 aromatic rings. The fourth-order valence-corrected chi connectivity index (χ4v) is 4.17. The minimum absolute atomic E-state index is 0.0528. The van der Waals surface area contributed by atoms with Crippen LogP contribution < -0.4 is 15.4 Å². The first-order valence-electron chi connectivity index (χ1n) is 8.35. The normalized spacial score (nSPS) is 17.5. The summed E-state index contributed by atoms with van der Waals surface area (Å²) in [6, 6.07) is 12.8. The Labute approximate surface area is 158 Å². The molecule has 0 saturated carbocycles. The van der Waals surface area contributed by atoms with Gasteiger partial charge in [0.2, 0.25) is 5.91 Å². The molecule has 0 aromatic heterocycles. The zero-order chi connectivity index (χ0) is 18.6. The number of hydrogen-bond donors (Lipinski definition) is 3. The van der Waals surface area contributed by atoms with Gasteiger partial charge in [0.25, 0.3) is 10.0 Å². The first-order valence-corrected chi connectivity index (χ1v) is 10.2. The van der Waals surface area contributed by atoms with E-state index in [9.17, 15) is 13.2 Å². The number of carbonyl (C=O) groups is 1. The number of sulfonamides is 1. The van der Waals surface area contributed by atoms with Crippen LogP contribution in [-0.4, -0.2) is 27.4 Å². The van der Waals surface area contributed by atoms with E-state index in [1.807, 2.05) is 0 Å². The van der Waals surface area contributed by atoms with Crippen LogP contribution in [-0.2, 0) is 14.8 Å². The third-order valence-electron chi connectivity index (χ3n) is 4.20. The SMILES string of the molecule is O=C(Nc1cccc(S(=O)(=O)Nc2ccccc2Cl)c1)C1CCCNC1. The molecule has 1 saturated heterocycles. The molecule has 0 spiro atoms. The Morgan fingerprint density at radius 1 is 1.15 bits per heavy atom. The standard InChI is InChI=1S/C18H20ClN3O3S/c19-16-8-1-2-9-17(16)22-26(24,25)15-7-3-6-14(11-15)21-18(23)13-5-4-10-20-12-13/h1-3,6-9,11,13,20,22H,4-5,10,12H2,(H,21,23). The van der Waals surface area contributed by atoms with Crippen molar-refractivity contribution in [3.8, 4) is 0 Å². The largest absolute Gasteiger partial charge is 0.326 e. The van der Waals surface area contributed by atoms with Crippen molar-refractivity contribution in [3.63, 3.8) is 0 Å². The lowest BCUT2D eigenvalue weighted by atomic mass is 9.99. The number of anilines is 2. The van der Waals surface area contributed by atoms with E-state index in [-0.39, 0.29) is 16.7 Å². The molecule has 138 valence electrons. The van der Waals surface area contributed by atoms with E-state index in [1.165, 1.54) is 12.1 Å². The average Bonchev–Trinajstić information content (AvgIpc) is 2.64. The molecule has 0 bridgehead atoms. The summed E-state index contributed by atoms with van der Waals surface area (Å²) in [5.74, 6) is -0.212. The minimum atomic E-state index is -3.82. The third kappa shape index (κ3) is 4.55. The van der Waals surface area contributed by atoms with Crippen molar-refractivity contribution in [2.24, 2.45) is 5.92 Å². The lowest BCUT2D eigenvalue weighted by Gasteiger charge is -2.22. The van der Waals surface area contributed by atoms with Crippen molar-refractivity contribution in [2.75, 3.05) is 23.1 Å². The Morgan fingerprint density at radius 2 is 1.96 bits per heavy atom. The van der Waals surface area contributed by atoms with Crippen LogP contribution in [0.3, 0.4) is 0 Å². The van der Waals surface area contributed by atoms with E-state index >= 15 is 0 Å². The fraction of sp³-hybridized carbons (Fsp3) is 0.278. The summed E-state index contributed by atoms with van der Waals surface area (Å²) >= 11 is 6.01. The molecule has 6 nitrogen and oxygen atoms in total. The zero-order valence-corrected chi connectivity index (χ0v) is 15.6. The van der Waals surface area contributed by atoms with Gasteiger partial charge in [0.15, 0.2) is 0 Å². The Bertz CT molecular complexity index is 896. The first kappa shape index (κ1) is 18.7. The summed E-state index contributed by atoms with van der Waals surface area (Å²) in [5.41, 5.74) is 0.750. The van der Waals surface area contributed by atoms with Crippen molar-refractivity contribution in [1.29, 1.82) is 0 Å². The summed E-state index contributed by atoms with van der Waals surface area (Å²) in [6.45, 7) is 1.56. The number of hydrogen-bond acceptors (Lipinski definition) is 4. The molecule has 26 heavy (non-hydrogen) atoms. The molecule has 1 amide bonds. The predicted molar refractivity (Wildman–Crippen MR) is 103 cm³/mol. The van der Waals surface area contributed by atoms with Crippen molar-refractivity contribution in [3.05, 3.63) is 53.6 Å². The molecule has 1 fully saturated rings. The van der Waals surface area contributed by atoms with E-state index in [2.05, 4.69) is 15.4 Å². The van der Waals surface area contributed by atoms with Gasteiger partial charge in [0, 0.05) is 12.2 Å². The highest BCUT2D eigenvalue weighted by atomic mass is 35.5. The number of benzene rings is 2. The highest BCUT2D eigenvalue weighted by molar-refractivity contribution is 7.92. The van der Waals surface area contributed by atoms with Gasteiger partial charge < -0.3 is 10.6 Å². The number of rotatable bonds is 5. The van der Waals surface area contributed by atoms with Crippen molar-refractivity contribution < 1.29 is 13.2 Å². The van der Waals surface area contributed by atoms with Crippen LogP contribution in [0.4, 0.5) is 11.4 Å². The van der Waals surface area contributed by atoms with E-state index in [4.69, 9.17) is 11.6 Å². The maximum absolute atomic E-state index is 12.6. The van der Waals surface area contributed by atoms with Crippen molar-refractivity contribution >= 4 is 38.9 Å². The summed E-state index contributed by atoms with van der Waals surface area (Å²) in [7, 11) is -3.82. The predicted octanol–water partition coefficient (Wildman–Crippen LogP) is 3.08. The number of carbonyl (C=O) groups excluding carboxylic acids is 1. The van der Waals surface area contributed by atoms with Crippen molar-refractivity contribution in [2.45, 2.75) is 17.7 Å². The average molecular weight is 394 g/mol. The Balaban J connectivity index is 1.75. The third-order valence-corrected chi connectivity index (χ3v) is 5.89. The molecular weight excluding hydrogens is 374 g/mol.